The number of fused-ring (bicyclic) bond motifs is 3. The number of carbonyl (C=O) groups is 3. The average Bonchev–Trinajstić information content (AvgIpc) is 3.08. The van der Waals surface area contributed by atoms with Gasteiger partial charge in [-0.15, -0.1) is 0 Å². The van der Waals surface area contributed by atoms with Crippen molar-refractivity contribution >= 4 is 18.2 Å². The molecule has 0 aromatic heterocycles. The second-order valence-electron chi connectivity index (χ2n) is 9.89. The Balaban J connectivity index is 1.99. The van der Waals surface area contributed by atoms with Crippen LogP contribution in [0.15, 0.2) is 12.2 Å². The molecule has 4 rings (SSSR count). The van der Waals surface area contributed by atoms with Gasteiger partial charge in [-0.1, -0.05) is 13.0 Å². The lowest BCUT2D eigenvalue weighted by Crippen LogP contribution is -2.54. The second kappa shape index (κ2) is 6.14. The summed E-state index contributed by atoms with van der Waals surface area (Å²) in [5.41, 5.74) is -3.77. The van der Waals surface area contributed by atoms with Crippen LogP contribution in [0, 0.1) is 34.0 Å². The maximum atomic E-state index is 13.2. The first-order valence-electron chi connectivity index (χ1n) is 10.3. The lowest BCUT2D eigenvalue weighted by Gasteiger charge is -2.50. The maximum Gasteiger partial charge on any atom is 0.311 e. The highest BCUT2D eigenvalue weighted by Crippen LogP contribution is 2.77. The molecule has 0 unspecified atom stereocenters. The number of aliphatic hydroxyl groups is 2. The van der Waals surface area contributed by atoms with Gasteiger partial charge in [0.1, 0.15) is 11.9 Å². The molecule has 0 aromatic rings. The minimum atomic E-state index is -1.48. The number of carbonyl (C=O) groups excluding carboxylic acids is 3. The normalized spacial score (nSPS) is 50.4. The molecule has 0 heterocycles. The van der Waals surface area contributed by atoms with E-state index in [1.165, 1.54) is 14.2 Å². The predicted molar refractivity (Wildman–Crippen MR) is 101 cm³/mol. The van der Waals surface area contributed by atoms with Gasteiger partial charge in [-0.05, 0) is 55.9 Å². The summed E-state index contributed by atoms with van der Waals surface area (Å²) in [6.07, 6.45) is 2.19. The van der Waals surface area contributed by atoms with Gasteiger partial charge in [-0.3, -0.25) is 9.59 Å². The number of hydrogen-bond donors (Lipinski definition) is 2. The predicted octanol–water partition coefficient (Wildman–Crippen LogP) is 1.40. The monoisotopic (exact) mass is 406 g/mol. The molecule has 0 aromatic carbocycles. The Morgan fingerprint density at radius 2 is 1.93 bits per heavy atom. The van der Waals surface area contributed by atoms with Crippen LogP contribution in [0.3, 0.4) is 0 Å². The lowest BCUT2D eigenvalue weighted by molar-refractivity contribution is -0.171. The molecule has 4 aliphatic rings. The summed E-state index contributed by atoms with van der Waals surface area (Å²) < 4.78 is 10.3. The molecule has 0 saturated heterocycles. The Morgan fingerprint density at radius 1 is 1.24 bits per heavy atom. The van der Waals surface area contributed by atoms with Crippen molar-refractivity contribution in [1.29, 1.82) is 0 Å². The maximum absolute atomic E-state index is 13.2. The van der Waals surface area contributed by atoms with Gasteiger partial charge >= 0.3 is 11.9 Å². The van der Waals surface area contributed by atoms with E-state index in [4.69, 9.17) is 9.47 Å². The summed E-state index contributed by atoms with van der Waals surface area (Å²) >= 11 is 0. The Labute approximate surface area is 170 Å². The summed E-state index contributed by atoms with van der Waals surface area (Å²) in [6.45, 7) is 5.78. The van der Waals surface area contributed by atoms with E-state index >= 15 is 0 Å². The van der Waals surface area contributed by atoms with Gasteiger partial charge in [0.2, 0.25) is 0 Å². The Bertz CT molecular complexity index is 792. The highest BCUT2D eigenvalue weighted by atomic mass is 16.5. The summed E-state index contributed by atoms with van der Waals surface area (Å²) in [5, 5.41) is 22.0. The van der Waals surface area contributed by atoms with Crippen molar-refractivity contribution in [2.45, 2.75) is 57.2 Å². The highest BCUT2D eigenvalue weighted by Gasteiger charge is 2.79. The number of esters is 2. The largest absolute Gasteiger partial charge is 0.469 e. The lowest BCUT2D eigenvalue weighted by atomic mass is 9.52. The first-order chi connectivity index (χ1) is 13.6. The van der Waals surface area contributed by atoms with Gasteiger partial charge < -0.3 is 24.5 Å². The number of aliphatic hydroxyl groups excluding tert-OH is 1. The molecule has 4 aliphatic carbocycles. The molecule has 2 bridgehead atoms. The van der Waals surface area contributed by atoms with E-state index in [0.717, 1.165) is 6.29 Å². The third-order valence-corrected chi connectivity index (χ3v) is 8.96. The van der Waals surface area contributed by atoms with Crippen LogP contribution >= 0.6 is 0 Å². The van der Waals surface area contributed by atoms with E-state index in [0.29, 0.717) is 31.3 Å². The third-order valence-electron chi connectivity index (χ3n) is 8.96. The van der Waals surface area contributed by atoms with Gasteiger partial charge in [0.25, 0.3) is 0 Å². The molecule has 0 aliphatic heterocycles. The molecule has 4 saturated carbocycles. The van der Waals surface area contributed by atoms with Crippen LogP contribution in [0.2, 0.25) is 0 Å². The third kappa shape index (κ3) is 2.18. The van der Waals surface area contributed by atoms with E-state index in [1.807, 2.05) is 0 Å². The topological polar surface area (TPSA) is 110 Å². The van der Waals surface area contributed by atoms with E-state index in [1.54, 1.807) is 6.92 Å². The minimum Gasteiger partial charge on any atom is -0.469 e. The minimum absolute atomic E-state index is 0.147. The molecule has 8 atom stereocenters. The van der Waals surface area contributed by atoms with Gasteiger partial charge in [0, 0.05) is 11.3 Å². The molecule has 29 heavy (non-hydrogen) atoms. The standard InChI is InChI=1S/C22H30O7/c1-12-9-21-10-22(12,27)14(24)8-13(21)20(11-23)7-5-6-19(2,18(26)29-4)16(20)15(21)17(25)28-3/h11,13-16,24,27H,1,5-10H2,2-4H3/t13-,14+,15+,16+,19+,20+,21-,22-/m0/s1. The first kappa shape index (κ1) is 20.5. The number of ether oxygens (including phenoxy) is 2. The van der Waals surface area contributed by atoms with Gasteiger partial charge in [-0.2, -0.15) is 0 Å². The first-order valence-corrected chi connectivity index (χ1v) is 10.3. The summed E-state index contributed by atoms with van der Waals surface area (Å²) in [4.78, 5) is 38.9. The van der Waals surface area contributed by atoms with Crippen LogP contribution in [-0.4, -0.2) is 54.4 Å². The Hall–Kier alpha value is -1.73. The van der Waals surface area contributed by atoms with E-state index in [-0.39, 0.29) is 18.8 Å². The van der Waals surface area contributed by atoms with Crippen molar-refractivity contribution in [3.63, 3.8) is 0 Å². The van der Waals surface area contributed by atoms with Crippen LogP contribution in [0.5, 0.6) is 0 Å². The van der Waals surface area contributed by atoms with Crippen LogP contribution in [-0.2, 0) is 23.9 Å². The van der Waals surface area contributed by atoms with Crippen LogP contribution in [0.1, 0.15) is 45.4 Å². The molecule has 160 valence electrons. The summed E-state index contributed by atoms with van der Waals surface area (Å²) in [5.74, 6) is -2.64. The van der Waals surface area contributed by atoms with Crippen molar-refractivity contribution in [2.24, 2.45) is 34.0 Å². The molecule has 0 radical (unpaired) electrons. The number of rotatable bonds is 3. The van der Waals surface area contributed by atoms with Gasteiger partial charge in [0.05, 0.1) is 31.7 Å². The molecule has 2 N–H and O–H groups in total. The van der Waals surface area contributed by atoms with Crippen LogP contribution in [0.25, 0.3) is 0 Å². The van der Waals surface area contributed by atoms with E-state index < -0.39 is 51.7 Å². The quantitative estimate of drug-likeness (QED) is 0.414. The van der Waals surface area contributed by atoms with Crippen molar-refractivity contribution in [1.82, 2.24) is 0 Å². The Kier molecular flexibility index (Phi) is 4.35. The fraction of sp³-hybridized carbons (Fsp3) is 0.773. The fourth-order valence-electron chi connectivity index (χ4n) is 7.92. The van der Waals surface area contributed by atoms with Crippen molar-refractivity contribution < 1.29 is 34.1 Å². The fourth-order valence-corrected chi connectivity index (χ4v) is 7.92. The van der Waals surface area contributed by atoms with Crippen molar-refractivity contribution in [3.05, 3.63) is 12.2 Å². The average molecular weight is 406 g/mol. The molecule has 7 nitrogen and oxygen atoms in total. The zero-order valence-corrected chi connectivity index (χ0v) is 17.3. The number of hydrogen-bond acceptors (Lipinski definition) is 7. The van der Waals surface area contributed by atoms with Gasteiger partial charge in [0.15, 0.2) is 0 Å². The Morgan fingerprint density at radius 3 is 2.52 bits per heavy atom. The summed E-state index contributed by atoms with van der Waals surface area (Å²) in [7, 11) is 2.62. The van der Waals surface area contributed by atoms with Crippen LogP contribution in [0.4, 0.5) is 0 Å². The SMILES string of the molecule is C=C1C[C@]23C[C@@]1(O)[C@H](O)C[C@H]2[C@]1(C=O)CCC[C@@](C)(C(=O)OC)[C@H]1[C@@H]3C(=O)OC. The molecular weight excluding hydrogens is 376 g/mol. The molecule has 0 amide bonds. The molecule has 7 heteroatoms. The smallest absolute Gasteiger partial charge is 0.311 e. The van der Waals surface area contributed by atoms with E-state index in [2.05, 4.69) is 6.58 Å². The van der Waals surface area contributed by atoms with Crippen molar-refractivity contribution in [2.75, 3.05) is 14.2 Å². The molecule has 4 fully saturated rings. The highest BCUT2D eigenvalue weighted by molar-refractivity contribution is 5.84. The zero-order valence-electron chi connectivity index (χ0n) is 17.3. The van der Waals surface area contributed by atoms with Crippen molar-refractivity contribution in [3.8, 4) is 0 Å². The number of aldehydes is 1. The summed E-state index contributed by atoms with van der Waals surface area (Å²) in [6, 6.07) is 0. The van der Waals surface area contributed by atoms with Gasteiger partial charge in [-0.25, -0.2) is 0 Å². The number of methoxy groups -OCH3 is 2. The van der Waals surface area contributed by atoms with Crippen LogP contribution < -0.4 is 0 Å². The molecular formula is C22H30O7. The zero-order chi connectivity index (χ0) is 21.4. The van der Waals surface area contributed by atoms with E-state index in [9.17, 15) is 24.6 Å². The second-order valence-corrected chi connectivity index (χ2v) is 9.89. The molecule has 1 spiro atoms.